The first-order valence-corrected chi connectivity index (χ1v) is 6.70. The Hall–Kier alpha value is -0.0800. The molecule has 2 heteroatoms. The number of ether oxygens (including phenoxy) is 1. The molecule has 0 heterocycles. The second-order valence-electron chi connectivity index (χ2n) is 4.75. The molecule has 0 aromatic heterocycles. The highest BCUT2D eigenvalue weighted by molar-refractivity contribution is 4.76. The van der Waals surface area contributed by atoms with Gasteiger partial charge < -0.3 is 10.5 Å². The molecule has 1 rings (SSSR count). The number of hydrogen-bond donors (Lipinski definition) is 1. The van der Waals surface area contributed by atoms with Crippen molar-refractivity contribution in [2.75, 3.05) is 13.2 Å². The zero-order chi connectivity index (χ0) is 10.9. The van der Waals surface area contributed by atoms with E-state index in [0.717, 1.165) is 13.2 Å². The summed E-state index contributed by atoms with van der Waals surface area (Å²) >= 11 is 0. The van der Waals surface area contributed by atoms with Crippen molar-refractivity contribution < 1.29 is 4.74 Å². The lowest BCUT2D eigenvalue weighted by Crippen LogP contribution is -2.33. The van der Waals surface area contributed by atoms with E-state index in [0.29, 0.717) is 12.0 Å². The van der Waals surface area contributed by atoms with Gasteiger partial charge >= 0.3 is 0 Å². The number of unbranched alkanes of at least 4 members (excludes halogenated alkanes) is 3. The summed E-state index contributed by atoms with van der Waals surface area (Å²) in [7, 11) is 0. The molecule has 1 fully saturated rings. The molecule has 1 aliphatic rings. The van der Waals surface area contributed by atoms with Crippen LogP contribution in [0.1, 0.15) is 58.3 Å². The van der Waals surface area contributed by atoms with Gasteiger partial charge in [-0.1, -0.05) is 39.0 Å². The van der Waals surface area contributed by atoms with Gasteiger partial charge in [-0.05, 0) is 31.7 Å². The molecule has 2 N–H and O–H groups in total. The number of nitrogens with two attached hydrogens (primary N) is 1. The second-order valence-corrected chi connectivity index (χ2v) is 4.75. The van der Waals surface area contributed by atoms with Crippen LogP contribution in [0.3, 0.4) is 0 Å². The fourth-order valence-electron chi connectivity index (χ4n) is 2.43. The number of rotatable bonds is 7. The Morgan fingerprint density at radius 3 is 2.67 bits per heavy atom. The minimum Gasteiger partial charge on any atom is -0.378 e. The standard InChI is InChI=1S/C13H27NO/c1-2-3-4-7-10-15-13-9-6-5-8-12(13)11-14/h12-13H,2-11,14H2,1H3. The average molecular weight is 213 g/mol. The smallest absolute Gasteiger partial charge is 0.0615 e. The third-order valence-electron chi connectivity index (χ3n) is 3.47. The van der Waals surface area contributed by atoms with Crippen molar-refractivity contribution >= 4 is 0 Å². The van der Waals surface area contributed by atoms with Crippen LogP contribution in [0.15, 0.2) is 0 Å². The van der Waals surface area contributed by atoms with Crippen LogP contribution in [0.5, 0.6) is 0 Å². The van der Waals surface area contributed by atoms with E-state index in [9.17, 15) is 0 Å². The summed E-state index contributed by atoms with van der Waals surface area (Å²) in [6.45, 7) is 3.99. The second kappa shape index (κ2) is 8.12. The van der Waals surface area contributed by atoms with Gasteiger partial charge in [-0.15, -0.1) is 0 Å². The summed E-state index contributed by atoms with van der Waals surface area (Å²) in [5.74, 6) is 0.630. The monoisotopic (exact) mass is 213 g/mol. The molecule has 1 aliphatic carbocycles. The molecule has 0 radical (unpaired) electrons. The van der Waals surface area contributed by atoms with Gasteiger partial charge in [0.15, 0.2) is 0 Å². The molecule has 15 heavy (non-hydrogen) atoms. The average Bonchev–Trinajstić information content (AvgIpc) is 2.29. The Labute approximate surface area is 94.6 Å². The van der Waals surface area contributed by atoms with Crippen molar-refractivity contribution in [3.05, 3.63) is 0 Å². The van der Waals surface area contributed by atoms with E-state index in [4.69, 9.17) is 10.5 Å². The zero-order valence-corrected chi connectivity index (χ0v) is 10.2. The molecule has 2 atom stereocenters. The van der Waals surface area contributed by atoms with Gasteiger partial charge in [0.05, 0.1) is 6.10 Å². The molecule has 0 amide bonds. The van der Waals surface area contributed by atoms with Crippen LogP contribution >= 0.6 is 0 Å². The lowest BCUT2D eigenvalue weighted by atomic mass is 9.86. The molecule has 0 aliphatic heterocycles. The van der Waals surface area contributed by atoms with Crippen LogP contribution in [0.2, 0.25) is 0 Å². The Balaban J connectivity index is 2.07. The van der Waals surface area contributed by atoms with Crippen LogP contribution in [0, 0.1) is 5.92 Å². The zero-order valence-electron chi connectivity index (χ0n) is 10.2. The van der Waals surface area contributed by atoms with Crippen LogP contribution in [-0.2, 0) is 4.74 Å². The summed E-state index contributed by atoms with van der Waals surface area (Å²) in [6.07, 6.45) is 10.8. The molecule has 0 aromatic carbocycles. The molecular formula is C13H27NO. The summed E-state index contributed by atoms with van der Waals surface area (Å²) < 4.78 is 5.95. The lowest BCUT2D eigenvalue weighted by Gasteiger charge is -2.30. The van der Waals surface area contributed by atoms with Crippen molar-refractivity contribution in [1.82, 2.24) is 0 Å². The molecule has 2 nitrogen and oxygen atoms in total. The molecule has 90 valence electrons. The van der Waals surface area contributed by atoms with Crippen molar-refractivity contribution in [3.63, 3.8) is 0 Å². The number of hydrogen-bond acceptors (Lipinski definition) is 2. The lowest BCUT2D eigenvalue weighted by molar-refractivity contribution is -0.00946. The predicted octanol–water partition coefficient (Wildman–Crippen LogP) is 3.10. The summed E-state index contributed by atoms with van der Waals surface area (Å²) in [6, 6.07) is 0. The van der Waals surface area contributed by atoms with Gasteiger partial charge in [-0.2, -0.15) is 0 Å². The third kappa shape index (κ3) is 4.98. The summed E-state index contributed by atoms with van der Waals surface area (Å²) in [5, 5.41) is 0. The Bertz CT molecular complexity index is 149. The molecular weight excluding hydrogens is 186 g/mol. The Morgan fingerprint density at radius 2 is 1.93 bits per heavy atom. The third-order valence-corrected chi connectivity index (χ3v) is 3.47. The highest BCUT2D eigenvalue weighted by Gasteiger charge is 2.23. The molecule has 1 saturated carbocycles. The van der Waals surface area contributed by atoms with E-state index in [2.05, 4.69) is 6.92 Å². The molecule has 0 bridgehead atoms. The minimum absolute atomic E-state index is 0.463. The summed E-state index contributed by atoms with van der Waals surface area (Å²) in [5.41, 5.74) is 5.77. The first-order valence-electron chi connectivity index (χ1n) is 6.70. The van der Waals surface area contributed by atoms with Crippen molar-refractivity contribution in [1.29, 1.82) is 0 Å². The Morgan fingerprint density at radius 1 is 1.13 bits per heavy atom. The first kappa shape index (κ1) is 13.0. The van der Waals surface area contributed by atoms with E-state index < -0.39 is 0 Å². The van der Waals surface area contributed by atoms with E-state index in [1.165, 1.54) is 51.4 Å². The van der Waals surface area contributed by atoms with Gasteiger partial charge in [0.25, 0.3) is 0 Å². The van der Waals surface area contributed by atoms with E-state index >= 15 is 0 Å². The van der Waals surface area contributed by atoms with Gasteiger partial charge in [0, 0.05) is 6.61 Å². The highest BCUT2D eigenvalue weighted by Crippen LogP contribution is 2.26. The summed E-state index contributed by atoms with van der Waals surface area (Å²) in [4.78, 5) is 0. The Kier molecular flexibility index (Phi) is 7.03. The fraction of sp³-hybridized carbons (Fsp3) is 1.00. The normalized spacial score (nSPS) is 26.8. The molecule has 0 saturated heterocycles. The maximum atomic E-state index is 5.95. The van der Waals surface area contributed by atoms with Crippen molar-refractivity contribution in [2.45, 2.75) is 64.4 Å². The minimum atomic E-state index is 0.463. The maximum absolute atomic E-state index is 5.95. The van der Waals surface area contributed by atoms with E-state index in [1.54, 1.807) is 0 Å². The van der Waals surface area contributed by atoms with Crippen LogP contribution < -0.4 is 5.73 Å². The van der Waals surface area contributed by atoms with Crippen molar-refractivity contribution in [3.8, 4) is 0 Å². The van der Waals surface area contributed by atoms with Gasteiger partial charge in [0.2, 0.25) is 0 Å². The van der Waals surface area contributed by atoms with Crippen LogP contribution in [-0.4, -0.2) is 19.3 Å². The molecule has 0 spiro atoms. The quantitative estimate of drug-likeness (QED) is 0.660. The van der Waals surface area contributed by atoms with E-state index in [-0.39, 0.29) is 0 Å². The van der Waals surface area contributed by atoms with Crippen LogP contribution in [0.25, 0.3) is 0 Å². The topological polar surface area (TPSA) is 35.2 Å². The van der Waals surface area contributed by atoms with Crippen LogP contribution in [0.4, 0.5) is 0 Å². The highest BCUT2D eigenvalue weighted by atomic mass is 16.5. The maximum Gasteiger partial charge on any atom is 0.0615 e. The first-order chi connectivity index (χ1) is 7.38. The molecule has 2 unspecified atom stereocenters. The van der Waals surface area contributed by atoms with E-state index in [1.807, 2.05) is 0 Å². The van der Waals surface area contributed by atoms with Crippen molar-refractivity contribution in [2.24, 2.45) is 11.7 Å². The SMILES string of the molecule is CCCCCCOC1CCCCC1CN. The molecule has 0 aromatic rings. The van der Waals surface area contributed by atoms with Gasteiger partial charge in [-0.3, -0.25) is 0 Å². The largest absolute Gasteiger partial charge is 0.378 e. The van der Waals surface area contributed by atoms with Gasteiger partial charge in [-0.25, -0.2) is 0 Å². The van der Waals surface area contributed by atoms with Gasteiger partial charge in [0.1, 0.15) is 0 Å². The fourth-order valence-corrected chi connectivity index (χ4v) is 2.43. The predicted molar refractivity (Wildman–Crippen MR) is 64.9 cm³/mol.